The summed E-state index contributed by atoms with van der Waals surface area (Å²) >= 11 is 0. The molecule has 0 amide bonds. The summed E-state index contributed by atoms with van der Waals surface area (Å²) in [6.45, 7) is 0. The van der Waals surface area contributed by atoms with Crippen LogP contribution < -0.4 is 0 Å². The predicted octanol–water partition coefficient (Wildman–Crippen LogP) is 6.15. The Morgan fingerprint density at radius 3 is 1.07 bits per heavy atom. The van der Waals surface area contributed by atoms with Crippen molar-refractivity contribution < 1.29 is 20.4 Å². The highest BCUT2D eigenvalue weighted by Gasteiger charge is 2.07. The van der Waals surface area contributed by atoms with E-state index >= 15 is 0 Å². The molecule has 146 valence electrons. The molecule has 0 spiro atoms. The minimum Gasteiger partial charge on any atom is -0.508 e. The smallest absolute Gasteiger partial charge is 0.119 e. The lowest BCUT2D eigenvalue weighted by Gasteiger charge is -2.09. The van der Waals surface area contributed by atoms with Crippen molar-refractivity contribution in [3.63, 3.8) is 0 Å². The van der Waals surface area contributed by atoms with Gasteiger partial charge >= 0.3 is 0 Å². The van der Waals surface area contributed by atoms with E-state index in [2.05, 4.69) is 12.1 Å². The molecule has 4 nitrogen and oxygen atoms in total. The van der Waals surface area contributed by atoms with Crippen molar-refractivity contribution in [2.24, 2.45) is 0 Å². The first-order valence-corrected chi connectivity index (χ1v) is 9.49. The van der Waals surface area contributed by atoms with Crippen LogP contribution in [0.25, 0.3) is 43.8 Å². The van der Waals surface area contributed by atoms with Crippen LogP contribution in [0.3, 0.4) is 0 Å². The van der Waals surface area contributed by atoms with Gasteiger partial charge in [-0.2, -0.15) is 0 Å². The van der Waals surface area contributed by atoms with Gasteiger partial charge < -0.3 is 20.4 Å². The zero-order chi connectivity index (χ0) is 20.8. The third-order valence-electron chi connectivity index (χ3n) is 5.27. The Bertz CT molecular complexity index is 1290. The molecule has 4 N–H and O–H groups in total. The average Bonchev–Trinajstić information content (AvgIpc) is 2.70. The third-order valence-corrected chi connectivity index (χ3v) is 5.27. The Labute approximate surface area is 172 Å². The molecule has 5 rings (SSSR count). The van der Waals surface area contributed by atoms with Crippen LogP contribution in [0.15, 0.2) is 84.9 Å². The maximum Gasteiger partial charge on any atom is 0.119 e. The Morgan fingerprint density at radius 1 is 0.300 bits per heavy atom. The number of rotatable bonds is 2. The number of phenolic OH excluding ortho intramolecular Hbond substituents is 4. The molecule has 0 saturated heterocycles. The summed E-state index contributed by atoms with van der Waals surface area (Å²) in [6, 6.07) is 25.3. The normalized spacial score (nSPS) is 11.2. The zero-order valence-corrected chi connectivity index (χ0v) is 15.9. The molecular formula is C26H18O4. The maximum atomic E-state index is 9.79. The molecule has 0 aromatic heterocycles. The van der Waals surface area contributed by atoms with Crippen molar-refractivity contribution in [1.82, 2.24) is 0 Å². The SMILES string of the molecule is Oc1cc(O)cc(-c2ccc3cc4ccc(-c5cc(O)cc(O)c5)cc4cc3c2)c1. The number of fused-ring (bicyclic) bond motifs is 2. The van der Waals surface area contributed by atoms with Crippen molar-refractivity contribution in [3.05, 3.63) is 84.9 Å². The van der Waals surface area contributed by atoms with Crippen molar-refractivity contribution in [1.29, 1.82) is 0 Å². The van der Waals surface area contributed by atoms with Crippen molar-refractivity contribution in [2.45, 2.75) is 0 Å². The van der Waals surface area contributed by atoms with E-state index in [9.17, 15) is 20.4 Å². The Kier molecular flexibility index (Phi) is 4.00. The van der Waals surface area contributed by atoms with E-state index in [1.807, 2.05) is 36.4 Å². The number of benzene rings is 5. The summed E-state index contributed by atoms with van der Waals surface area (Å²) in [5.74, 6) is 0.0652. The van der Waals surface area contributed by atoms with Crippen LogP contribution in [0.5, 0.6) is 23.0 Å². The zero-order valence-electron chi connectivity index (χ0n) is 15.9. The first kappa shape index (κ1) is 17.9. The van der Waals surface area contributed by atoms with E-state index in [4.69, 9.17) is 0 Å². The van der Waals surface area contributed by atoms with Crippen LogP contribution in [0.4, 0.5) is 0 Å². The van der Waals surface area contributed by atoms with Crippen LogP contribution >= 0.6 is 0 Å². The second kappa shape index (κ2) is 6.71. The van der Waals surface area contributed by atoms with Gasteiger partial charge in [-0.05, 0) is 92.3 Å². The van der Waals surface area contributed by atoms with E-state index in [0.717, 1.165) is 43.8 Å². The molecule has 0 heterocycles. The van der Waals surface area contributed by atoms with Crippen LogP contribution in [0, 0.1) is 0 Å². The van der Waals surface area contributed by atoms with E-state index in [-0.39, 0.29) is 23.0 Å². The van der Waals surface area contributed by atoms with Gasteiger partial charge in [-0.3, -0.25) is 0 Å². The summed E-state index contributed by atoms with van der Waals surface area (Å²) < 4.78 is 0. The van der Waals surface area contributed by atoms with E-state index in [1.54, 1.807) is 24.3 Å². The first-order chi connectivity index (χ1) is 14.4. The fraction of sp³-hybridized carbons (Fsp3) is 0. The average molecular weight is 394 g/mol. The standard InChI is InChI=1S/C26H18O4/c27-23-9-21(10-24(28)13-23)17-3-1-15-5-16-2-4-18(7-20(16)8-19(15)6-17)22-11-25(29)14-26(30)12-22/h1-14,27-30H. The lowest BCUT2D eigenvalue weighted by Crippen LogP contribution is -1.83. The Hall–Kier alpha value is -4.18. The number of hydrogen-bond acceptors (Lipinski definition) is 4. The summed E-state index contributed by atoms with van der Waals surface area (Å²) in [5.41, 5.74) is 3.25. The van der Waals surface area contributed by atoms with Gasteiger partial charge in [0, 0.05) is 12.1 Å². The molecule has 4 heteroatoms. The molecule has 0 aliphatic rings. The van der Waals surface area contributed by atoms with Gasteiger partial charge in [0.05, 0.1) is 0 Å². The van der Waals surface area contributed by atoms with Crippen molar-refractivity contribution in [3.8, 4) is 45.3 Å². The lowest BCUT2D eigenvalue weighted by molar-refractivity contribution is 0.450. The Balaban J connectivity index is 1.65. The van der Waals surface area contributed by atoms with Gasteiger partial charge in [-0.25, -0.2) is 0 Å². The minimum atomic E-state index is 0.0163. The molecule has 5 aromatic carbocycles. The summed E-state index contributed by atoms with van der Waals surface area (Å²) in [5, 5.41) is 43.4. The van der Waals surface area contributed by atoms with Crippen molar-refractivity contribution >= 4 is 21.5 Å². The van der Waals surface area contributed by atoms with Gasteiger partial charge in [0.2, 0.25) is 0 Å². The largest absolute Gasteiger partial charge is 0.508 e. The summed E-state index contributed by atoms with van der Waals surface area (Å²) in [4.78, 5) is 0. The molecular weight excluding hydrogens is 376 g/mol. The number of hydrogen-bond donors (Lipinski definition) is 4. The summed E-state index contributed by atoms with van der Waals surface area (Å²) in [6.07, 6.45) is 0. The fourth-order valence-electron chi connectivity index (χ4n) is 3.88. The molecule has 0 atom stereocenters. The third kappa shape index (κ3) is 3.25. The molecule has 0 fully saturated rings. The monoisotopic (exact) mass is 394 g/mol. The molecule has 0 radical (unpaired) electrons. The van der Waals surface area contributed by atoms with Crippen LogP contribution in [-0.2, 0) is 0 Å². The second-order valence-corrected chi connectivity index (χ2v) is 7.45. The van der Waals surface area contributed by atoms with Gasteiger partial charge in [0.25, 0.3) is 0 Å². The van der Waals surface area contributed by atoms with Gasteiger partial charge in [0.1, 0.15) is 23.0 Å². The van der Waals surface area contributed by atoms with Gasteiger partial charge in [-0.1, -0.05) is 24.3 Å². The lowest BCUT2D eigenvalue weighted by atomic mass is 9.96. The second-order valence-electron chi connectivity index (χ2n) is 7.45. The quantitative estimate of drug-likeness (QED) is 0.271. The fourth-order valence-corrected chi connectivity index (χ4v) is 3.88. The number of phenols is 4. The van der Waals surface area contributed by atoms with Gasteiger partial charge in [-0.15, -0.1) is 0 Å². The van der Waals surface area contributed by atoms with E-state index < -0.39 is 0 Å². The van der Waals surface area contributed by atoms with Crippen molar-refractivity contribution in [2.75, 3.05) is 0 Å². The highest BCUT2D eigenvalue weighted by molar-refractivity contribution is 6.01. The molecule has 0 aliphatic carbocycles. The van der Waals surface area contributed by atoms with Crippen LogP contribution in [0.2, 0.25) is 0 Å². The minimum absolute atomic E-state index is 0.0163. The highest BCUT2D eigenvalue weighted by atomic mass is 16.3. The Morgan fingerprint density at radius 2 is 0.667 bits per heavy atom. The van der Waals surface area contributed by atoms with Crippen LogP contribution in [0.1, 0.15) is 0 Å². The highest BCUT2D eigenvalue weighted by Crippen LogP contribution is 2.34. The summed E-state index contributed by atoms with van der Waals surface area (Å²) in [7, 11) is 0. The molecule has 5 aromatic rings. The maximum absolute atomic E-state index is 9.79. The van der Waals surface area contributed by atoms with Crippen LogP contribution in [-0.4, -0.2) is 20.4 Å². The van der Waals surface area contributed by atoms with E-state index in [1.165, 1.54) is 12.1 Å². The first-order valence-electron chi connectivity index (χ1n) is 9.49. The molecule has 0 aliphatic heterocycles. The van der Waals surface area contributed by atoms with Gasteiger partial charge in [0.15, 0.2) is 0 Å². The molecule has 30 heavy (non-hydrogen) atoms. The van der Waals surface area contributed by atoms with E-state index in [0.29, 0.717) is 0 Å². The number of aromatic hydroxyl groups is 4. The molecule has 0 saturated carbocycles. The predicted molar refractivity (Wildman–Crippen MR) is 119 cm³/mol. The topological polar surface area (TPSA) is 80.9 Å². The molecule has 0 unspecified atom stereocenters. The molecule has 0 bridgehead atoms.